The third-order valence-corrected chi connectivity index (χ3v) is 3.26. The van der Waals surface area contributed by atoms with Crippen molar-refractivity contribution >= 4 is 29.9 Å². The molecule has 2 rings (SSSR count). The Hall–Kier alpha value is -3.67. The number of carboxylic acid groups (broad SMARTS) is 1. The van der Waals surface area contributed by atoms with E-state index in [4.69, 9.17) is 0 Å². The molecule has 0 unspecified atom stereocenters. The Labute approximate surface area is 150 Å². The molecule has 0 bridgehead atoms. The third kappa shape index (κ3) is 5.76. The molecule has 0 heterocycles. The summed E-state index contributed by atoms with van der Waals surface area (Å²) in [4.78, 5) is 35.3. The number of rotatable bonds is 6. The van der Waals surface area contributed by atoms with Gasteiger partial charge in [-0.05, 0) is 23.3 Å². The van der Waals surface area contributed by atoms with E-state index in [9.17, 15) is 19.5 Å². The summed E-state index contributed by atoms with van der Waals surface area (Å²) in [5, 5.41) is 14.1. The second-order valence-corrected chi connectivity index (χ2v) is 5.38. The molecule has 0 aliphatic carbocycles. The van der Waals surface area contributed by atoms with E-state index in [0.717, 1.165) is 0 Å². The summed E-state index contributed by atoms with van der Waals surface area (Å²) >= 11 is 0. The SMILES string of the molecule is CC(=O)N/C(=C/c1ccccc1)C(=O)N/C(=C/c1ccccc1)C(=O)O. The Kier molecular flexibility index (Phi) is 6.45. The van der Waals surface area contributed by atoms with Crippen molar-refractivity contribution in [2.45, 2.75) is 6.92 Å². The molecule has 0 spiro atoms. The lowest BCUT2D eigenvalue weighted by atomic mass is 10.1. The fourth-order valence-corrected chi connectivity index (χ4v) is 2.12. The van der Waals surface area contributed by atoms with Crippen LogP contribution in [0.3, 0.4) is 0 Å². The fourth-order valence-electron chi connectivity index (χ4n) is 2.12. The van der Waals surface area contributed by atoms with Gasteiger partial charge in [-0.3, -0.25) is 9.59 Å². The highest BCUT2D eigenvalue weighted by molar-refractivity contribution is 6.06. The summed E-state index contributed by atoms with van der Waals surface area (Å²) in [7, 11) is 0. The zero-order valence-corrected chi connectivity index (χ0v) is 14.1. The largest absolute Gasteiger partial charge is 0.477 e. The highest BCUT2D eigenvalue weighted by Gasteiger charge is 2.16. The quantitative estimate of drug-likeness (QED) is 0.697. The highest BCUT2D eigenvalue weighted by atomic mass is 16.4. The van der Waals surface area contributed by atoms with Crippen LogP contribution in [0.4, 0.5) is 0 Å². The van der Waals surface area contributed by atoms with Gasteiger partial charge in [0.1, 0.15) is 11.4 Å². The van der Waals surface area contributed by atoms with Gasteiger partial charge in [0, 0.05) is 6.92 Å². The number of aliphatic carboxylic acids is 1. The van der Waals surface area contributed by atoms with E-state index in [1.54, 1.807) is 54.6 Å². The molecule has 6 heteroatoms. The standard InChI is InChI=1S/C20H18N2O4/c1-14(23)21-17(12-15-8-4-2-5-9-15)19(24)22-18(20(25)26)13-16-10-6-3-7-11-16/h2-13H,1H3,(H,21,23)(H,22,24)(H,25,26)/b17-12+,18-13+. The molecule has 3 N–H and O–H groups in total. The zero-order valence-electron chi connectivity index (χ0n) is 14.1. The van der Waals surface area contributed by atoms with Crippen LogP contribution < -0.4 is 10.6 Å². The number of nitrogens with one attached hydrogen (secondary N) is 2. The average Bonchev–Trinajstić information content (AvgIpc) is 2.62. The van der Waals surface area contributed by atoms with Gasteiger partial charge < -0.3 is 15.7 Å². The van der Waals surface area contributed by atoms with Crippen LogP contribution in [-0.2, 0) is 14.4 Å². The Balaban J connectivity index is 2.29. The molecule has 2 aromatic rings. The Morgan fingerprint density at radius 2 is 1.23 bits per heavy atom. The number of amides is 2. The monoisotopic (exact) mass is 350 g/mol. The molecule has 2 aromatic carbocycles. The van der Waals surface area contributed by atoms with Crippen LogP contribution in [0.2, 0.25) is 0 Å². The maximum atomic E-state index is 12.5. The molecule has 2 amide bonds. The van der Waals surface area contributed by atoms with Gasteiger partial charge in [-0.25, -0.2) is 4.79 Å². The minimum atomic E-state index is -1.29. The Morgan fingerprint density at radius 3 is 1.65 bits per heavy atom. The maximum Gasteiger partial charge on any atom is 0.352 e. The summed E-state index contributed by atoms with van der Waals surface area (Å²) < 4.78 is 0. The first-order chi connectivity index (χ1) is 12.5. The van der Waals surface area contributed by atoms with Gasteiger partial charge in [0.25, 0.3) is 5.91 Å². The van der Waals surface area contributed by atoms with Crippen molar-refractivity contribution in [3.63, 3.8) is 0 Å². The van der Waals surface area contributed by atoms with Gasteiger partial charge in [0.15, 0.2) is 0 Å². The second kappa shape index (κ2) is 8.98. The van der Waals surface area contributed by atoms with Gasteiger partial charge >= 0.3 is 5.97 Å². The van der Waals surface area contributed by atoms with E-state index < -0.39 is 17.8 Å². The first kappa shape index (κ1) is 18.7. The molecule has 0 saturated carbocycles. The fraction of sp³-hybridized carbons (Fsp3) is 0.0500. The van der Waals surface area contributed by atoms with Crippen LogP contribution >= 0.6 is 0 Å². The van der Waals surface area contributed by atoms with Crippen molar-refractivity contribution in [3.8, 4) is 0 Å². The van der Waals surface area contributed by atoms with E-state index in [1.807, 2.05) is 6.07 Å². The number of carbonyl (C=O) groups excluding carboxylic acids is 2. The molecule has 0 atom stereocenters. The first-order valence-electron chi connectivity index (χ1n) is 7.81. The van der Waals surface area contributed by atoms with E-state index in [1.165, 1.54) is 19.1 Å². The lowest BCUT2D eigenvalue weighted by Crippen LogP contribution is -2.35. The predicted octanol–water partition coefficient (Wildman–Crippen LogP) is 2.41. The number of carbonyl (C=O) groups is 3. The third-order valence-electron chi connectivity index (χ3n) is 3.26. The number of hydrogen-bond donors (Lipinski definition) is 3. The first-order valence-corrected chi connectivity index (χ1v) is 7.81. The van der Waals surface area contributed by atoms with Crippen LogP contribution in [0, 0.1) is 0 Å². The molecule has 0 aliphatic rings. The van der Waals surface area contributed by atoms with Crippen LogP contribution in [0.15, 0.2) is 72.1 Å². The lowest BCUT2D eigenvalue weighted by molar-refractivity contribution is -0.134. The van der Waals surface area contributed by atoms with Gasteiger partial charge in [-0.2, -0.15) is 0 Å². The highest BCUT2D eigenvalue weighted by Crippen LogP contribution is 2.08. The molecule has 0 aliphatic heterocycles. The van der Waals surface area contributed by atoms with Crippen molar-refractivity contribution < 1.29 is 19.5 Å². The molecule has 26 heavy (non-hydrogen) atoms. The van der Waals surface area contributed by atoms with Crippen LogP contribution in [0.1, 0.15) is 18.1 Å². The number of hydrogen-bond acceptors (Lipinski definition) is 3. The molecule has 0 aromatic heterocycles. The molecule has 132 valence electrons. The van der Waals surface area contributed by atoms with Crippen molar-refractivity contribution in [2.75, 3.05) is 0 Å². The zero-order chi connectivity index (χ0) is 18.9. The van der Waals surface area contributed by atoms with Crippen molar-refractivity contribution in [3.05, 3.63) is 83.2 Å². The summed E-state index contributed by atoms with van der Waals surface area (Å²) in [6, 6.07) is 17.6. The van der Waals surface area contributed by atoms with Gasteiger partial charge in [-0.15, -0.1) is 0 Å². The normalized spacial score (nSPS) is 11.6. The van der Waals surface area contributed by atoms with Gasteiger partial charge in [0.2, 0.25) is 5.91 Å². The smallest absolute Gasteiger partial charge is 0.352 e. The van der Waals surface area contributed by atoms with Crippen molar-refractivity contribution in [1.82, 2.24) is 10.6 Å². The van der Waals surface area contributed by atoms with E-state index in [-0.39, 0.29) is 11.4 Å². The summed E-state index contributed by atoms with van der Waals surface area (Å²) in [6.07, 6.45) is 2.81. The molecule has 0 saturated heterocycles. The van der Waals surface area contributed by atoms with Crippen molar-refractivity contribution in [2.24, 2.45) is 0 Å². The molecular formula is C20H18N2O4. The van der Waals surface area contributed by atoms with Crippen molar-refractivity contribution in [1.29, 1.82) is 0 Å². The Morgan fingerprint density at radius 1 is 0.769 bits per heavy atom. The predicted molar refractivity (Wildman–Crippen MR) is 98.4 cm³/mol. The van der Waals surface area contributed by atoms with Crippen LogP contribution in [0.25, 0.3) is 12.2 Å². The van der Waals surface area contributed by atoms with E-state index >= 15 is 0 Å². The topological polar surface area (TPSA) is 95.5 Å². The van der Waals surface area contributed by atoms with E-state index in [0.29, 0.717) is 11.1 Å². The van der Waals surface area contributed by atoms with E-state index in [2.05, 4.69) is 10.6 Å². The minimum absolute atomic E-state index is 0.0519. The van der Waals surface area contributed by atoms with Gasteiger partial charge in [-0.1, -0.05) is 60.7 Å². The van der Waals surface area contributed by atoms with Gasteiger partial charge in [0.05, 0.1) is 0 Å². The van der Waals surface area contributed by atoms with Crippen LogP contribution in [-0.4, -0.2) is 22.9 Å². The maximum absolute atomic E-state index is 12.5. The number of carboxylic acids is 1. The minimum Gasteiger partial charge on any atom is -0.477 e. The second-order valence-electron chi connectivity index (χ2n) is 5.38. The molecule has 0 fully saturated rings. The molecule has 0 radical (unpaired) electrons. The average molecular weight is 350 g/mol. The summed E-state index contributed by atoms with van der Waals surface area (Å²) in [6.45, 7) is 1.27. The van der Waals surface area contributed by atoms with Crippen LogP contribution in [0.5, 0.6) is 0 Å². The summed E-state index contributed by atoms with van der Waals surface area (Å²) in [5.74, 6) is -2.45. The molecule has 6 nitrogen and oxygen atoms in total. The summed E-state index contributed by atoms with van der Waals surface area (Å²) in [5.41, 5.74) is 0.961. The molecular weight excluding hydrogens is 332 g/mol. The lowest BCUT2D eigenvalue weighted by Gasteiger charge is -2.10. The number of benzene rings is 2. The Bertz CT molecular complexity index is 856.